The Morgan fingerprint density at radius 2 is 2.31 bits per heavy atom. The van der Waals surface area contributed by atoms with Gasteiger partial charge in [0.25, 0.3) is 0 Å². The average molecular weight is 259 g/mol. The van der Waals surface area contributed by atoms with Gasteiger partial charge in [-0.25, -0.2) is 0 Å². The molecule has 1 aromatic rings. The third kappa shape index (κ3) is 4.41. The summed E-state index contributed by atoms with van der Waals surface area (Å²) in [5.74, 6) is 0. The summed E-state index contributed by atoms with van der Waals surface area (Å²) in [6.07, 6.45) is 1.63. The lowest BCUT2D eigenvalue weighted by atomic mass is 10.3. The maximum atomic E-state index is 8.29. The van der Waals surface area contributed by atoms with E-state index in [0.717, 1.165) is 19.5 Å². The molecule has 0 saturated heterocycles. The van der Waals surface area contributed by atoms with Crippen LogP contribution in [0.25, 0.3) is 0 Å². The summed E-state index contributed by atoms with van der Waals surface area (Å²) >= 11 is 5.18. The minimum atomic E-state index is 0.591. The zero-order valence-corrected chi connectivity index (χ0v) is 9.62. The lowest BCUT2D eigenvalue weighted by molar-refractivity contribution is 0.696. The number of hydrogen-bond donors (Lipinski definition) is 1. The van der Waals surface area contributed by atoms with E-state index in [1.165, 1.54) is 8.66 Å². The van der Waals surface area contributed by atoms with Gasteiger partial charge in [0.2, 0.25) is 0 Å². The fourth-order valence-corrected chi connectivity index (χ4v) is 2.45. The Hall–Kier alpha value is -0.370. The first kappa shape index (κ1) is 10.7. The predicted molar refractivity (Wildman–Crippen MR) is 58.8 cm³/mol. The molecule has 0 aliphatic heterocycles. The molecule has 1 heterocycles. The third-order valence-corrected chi connectivity index (χ3v) is 3.27. The first-order chi connectivity index (χ1) is 6.33. The van der Waals surface area contributed by atoms with Gasteiger partial charge in [0.15, 0.2) is 0 Å². The van der Waals surface area contributed by atoms with Crippen LogP contribution in [0.5, 0.6) is 0 Å². The molecule has 0 atom stereocenters. The summed E-state index contributed by atoms with van der Waals surface area (Å²) < 4.78 is 1.18. The highest BCUT2D eigenvalue weighted by Crippen LogP contribution is 2.21. The van der Waals surface area contributed by atoms with E-state index in [-0.39, 0.29) is 0 Å². The zero-order valence-electron chi connectivity index (χ0n) is 7.22. The average Bonchev–Trinajstić information content (AvgIpc) is 2.51. The molecule has 0 radical (unpaired) electrons. The molecule has 0 aliphatic rings. The van der Waals surface area contributed by atoms with Crippen LogP contribution < -0.4 is 5.32 Å². The Kier molecular flexibility index (Phi) is 5.06. The van der Waals surface area contributed by atoms with Crippen molar-refractivity contribution in [2.24, 2.45) is 0 Å². The van der Waals surface area contributed by atoms with Crippen molar-refractivity contribution in [3.8, 4) is 6.07 Å². The Morgan fingerprint density at radius 1 is 1.46 bits per heavy atom. The molecule has 1 aromatic heterocycles. The third-order valence-electron chi connectivity index (χ3n) is 1.59. The number of halogens is 1. The van der Waals surface area contributed by atoms with Crippen molar-refractivity contribution < 1.29 is 0 Å². The van der Waals surface area contributed by atoms with Crippen LogP contribution in [0.4, 0.5) is 0 Å². The van der Waals surface area contributed by atoms with E-state index in [1.807, 2.05) is 0 Å². The molecular weight excluding hydrogens is 248 g/mol. The van der Waals surface area contributed by atoms with Crippen molar-refractivity contribution >= 4 is 27.3 Å². The van der Waals surface area contributed by atoms with E-state index in [0.29, 0.717) is 6.42 Å². The molecule has 70 valence electrons. The second kappa shape index (κ2) is 6.14. The highest BCUT2D eigenvalue weighted by Gasteiger charge is 1.96. The van der Waals surface area contributed by atoms with E-state index in [2.05, 4.69) is 39.4 Å². The highest BCUT2D eigenvalue weighted by molar-refractivity contribution is 9.11. The zero-order chi connectivity index (χ0) is 9.52. The monoisotopic (exact) mass is 258 g/mol. The topological polar surface area (TPSA) is 35.8 Å². The normalized spacial score (nSPS) is 9.85. The Labute approximate surface area is 90.7 Å². The number of rotatable bonds is 5. The first-order valence-corrected chi connectivity index (χ1v) is 5.76. The Morgan fingerprint density at radius 3 is 2.92 bits per heavy atom. The van der Waals surface area contributed by atoms with Gasteiger partial charge in [-0.2, -0.15) is 5.26 Å². The van der Waals surface area contributed by atoms with Crippen molar-refractivity contribution in [1.82, 2.24) is 5.32 Å². The van der Waals surface area contributed by atoms with Crippen LogP contribution in [-0.4, -0.2) is 13.1 Å². The molecule has 0 fully saturated rings. The molecule has 2 nitrogen and oxygen atoms in total. The summed E-state index contributed by atoms with van der Waals surface area (Å²) in [6, 6.07) is 6.29. The lowest BCUT2D eigenvalue weighted by Gasteiger charge is -1.98. The van der Waals surface area contributed by atoms with Crippen molar-refractivity contribution in [3.05, 3.63) is 20.8 Å². The van der Waals surface area contributed by atoms with Gasteiger partial charge in [-0.05, 0) is 41.0 Å². The van der Waals surface area contributed by atoms with E-state index in [4.69, 9.17) is 5.26 Å². The maximum Gasteiger partial charge on any atom is 0.0701 e. The Bertz CT molecular complexity index is 290. The molecule has 0 aliphatic carbocycles. The molecule has 4 heteroatoms. The van der Waals surface area contributed by atoms with Crippen LogP contribution in [-0.2, 0) is 6.42 Å². The minimum Gasteiger partial charge on any atom is -0.315 e. The van der Waals surface area contributed by atoms with Gasteiger partial charge in [0.1, 0.15) is 0 Å². The van der Waals surface area contributed by atoms with Crippen LogP contribution in [0, 0.1) is 11.3 Å². The minimum absolute atomic E-state index is 0.591. The molecule has 1 rings (SSSR count). The second-order valence-electron chi connectivity index (χ2n) is 2.61. The highest BCUT2D eigenvalue weighted by atomic mass is 79.9. The summed E-state index contributed by atoms with van der Waals surface area (Å²) in [5, 5.41) is 11.5. The summed E-state index contributed by atoms with van der Waals surface area (Å²) in [7, 11) is 0. The van der Waals surface area contributed by atoms with Gasteiger partial charge < -0.3 is 5.32 Å². The molecular formula is C9H11BrN2S. The smallest absolute Gasteiger partial charge is 0.0701 e. The maximum absolute atomic E-state index is 8.29. The van der Waals surface area contributed by atoms with Crippen LogP contribution in [0.1, 0.15) is 11.3 Å². The standard InChI is InChI=1S/C9H11BrN2S/c10-9-3-2-8(13-9)4-7-12-6-1-5-11/h2-3,12H,1,4,6-7H2. The number of hydrogen-bond acceptors (Lipinski definition) is 3. The van der Waals surface area contributed by atoms with Crippen LogP contribution in [0.3, 0.4) is 0 Å². The molecule has 0 saturated carbocycles. The molecule has 1 N–H and O–H groups in total. The van der Waals surface area contributed by atoms with Gasteiger partial charge in [0, 0.05) is 17.8 Å². The van der Waals surface area contributed by atoms with E-state index < -0.39 is 0 Å². The van der Waals surface area contributed by atoms with Crippen molar-refractivity contribution in [3.63, 3.8) is 0 Å². The Balaban J connectivity index is 2.10. The van der Waals surface area contributed by atoms with Gasteiger partial charge in [-0.1, -0.05) is 0 Å². The van der Waals surface area contributed by atoms with E-state index >= 15 is 0 Å². The van der Waals surface area contributed by atoms with Crippen molar-refractivity contribution in [2.45, 2.75) is 12.8 Å². The molecule has 0 unspecified atom stereocenters. The number of nitrogens with one attached hydrogen (secondary N) is 1. The van der Waals surface area contributed by atoms with Gasteiger partial charge >= 0.3 is 0 Å². The van der Waals surface area contributed by atoms with Crippen LogP contribution in [0.2, 0.25) is 0 Å². The van der Waals surface area contributed by atoms with Crippen molar-refractivity contribution in [1.29, 1.82) is 5.26 Å². The summed E-state index contributed by atoms with van der Waals surface area (Å²) in [4.78, 5) is 1.37. The summed E-state index contributed by atoms with van der Waals surface area (Å²) in [5.41, 5.74) is 0. The van der Waals surface area contributed by atoms with E-state index in [9.17, 15) is 0 Å². The molecule has 0 bridgehead atoms. The lowest BCUT2D eigenvalue weighted by Crippen LogP contribution is -2.17. The number of nitrogens with zero attached hydrogens (tertiary/aromatic N) is 1. The van der Waals surface area contributed by atoms with Crippen LogP contribution >= 0.6 is 27.3 Å². The first-order valence-electron chi connectivity index (χ1n) is 4.15. The summed E-state index contributed by atoms with van der Waals surface area (Å²) in [6.45, 7) is 1.75. The van der Waals surface area contributed by atoms with Crippen molar-refractivity contribution in [2.75, 3.05) is 13.1 Å². The molecule has 0 amide bonds. The predicted octanol–water partition coefficient (Wildman–Crippen LogP) is 2.56. The van der Waals surface area contributed by atoms with E-state index in [1.54, 1.807) is 11.3 Å². The molecule has 0 spiro atoms. The fourth-order valence-electron chi connectivity index (χ4n) is 0.967. The number of nitriles is 1. The number of thiophene rings is 1. The fraction of sp³-hybridized carbons (Fsp3) is 0.444. The van der Waals surface area contributed by atoms with Crippen LogP contribution in [0.15, 0.2) is 15.9 Å². The largest absolute Gasteiger partial charge is 0.315 e. The SMILES string of the molecule is N#CCCNCCc1ccc(Br)s1. The van der Waals surface area contributed by atoms with Gasteiger partial charge in [0.05, 0.1) is 9.86 Å². The quantitative estimate of drug-likeness (QED) is 0.825. The second-order valence-corrected chi connectivity index (χ2v) is 5.16. The molecule has 0 aromatic carbocycles. The van der Waals surface area contributed by atoms with Gasteiger partial charge in [-0.15, -0.1) is 11.3 Å². The van der Waals surface area contributed by atoms with Gasteiger partial charge in [-0.3, -0.25) is 0 Å². The molecule has 13 heavy (non-hydrogen) atoms.